The van der Waals surface area contributed by atoms with Crippen LogP contribution in [0.15, 0.2) is 24.3 Å². The summed E-state index contributed by atoms with van der Waals surface area (Å²) >= 11 is 5.32. The highest BCUT2D eigenvalue weighted by Gasteiger charge is 2.44. The van der Waals surface area contributed by atoms with Gasteiger partial charge in [0, 0.05) is 31.6 Å². The molecule has 1 aromatic carbocycles. The van der Waals surface area contributed by atoms with E-state index < -0.39 is 82.5 Å². The first-order valence-electron chi connectivity index (χ1n) is 30.9. The molecule has 0 bridgehead atoms. The van der Waals surface area contributed by atoms with E-state index in [4.69, 9.17) is 49.7 Å². The Labute approximate surface area is 490 Å². The van der Waals surface area contributed by atoms with Gasteiger partial charge in [-0.2, -0.15) is 0 Å². The molecule has 0 aromatic heterocycles. The maximum absolute atomic E-state index is 12.9. The second-order valence-electron chi connectivity index (χ2n) is 21.2. The van der Waals surface area contributed by atoms with E-state index in [1.54, 1.807) is 24.3 Å². The van der Waals surface area contributed by atoms with Crippen molar-refractivity contribution < 1.29 is 81.7 Å². The van der Waals surface area contributed by atoms with E-state index in [9.17, 15) is 44.3 Å². The van der Waals surface area contributed by atoms with Gasteiger partial charge in [-0.3, -0.25) is 18.6 Å². The number of ether oxygens (including phenoxy) is 6. The Morgan fingerprint density at radius 1 is 0.580 bits per heavy atom. The van der Waals surface area contributed by atoms with E-state index in [1.807, 2.05) is 0 Å². The number of rotatable bonds is 52. The second-order valence-corrected chi connectivity index (χ2v) is 23.0. The van der Waals surface area contributed by atoms with Gasteiger partial charge in [0.15, 0.2) is 11.2 Å². The fourth-order valence-electron chi connectivity index (χ4n) is 9.10. The molecule has 1 amide bonds. The highest BCUT2D eigenvalue weighted by Crippen LogP contribution is 2.43. The van der Waals surface area contributed by atoms with Crippen LogP contribution < -0.4 is 20.7 Å². The highest BCUT2D eigenvalue weighted by atomic mass is 32.1. The normalized spacial score (nSPS) is 18.1. The van der Waals surface area contributed by atoms with Gasteiger partial charge in [-0.1, -0.05) is 194 Å². The highest BCUT2D eigenvalue weighted by molar-refractivity contribution is 7.80. The van der Waals surface area contributed by atoms with Crippen molar-refractivity contribution >= 4 is 48.9 Å². The number of anilines is 1. The molecule has 8 N–H and O–H groups in total. The quantitative estimate of drug-likeness (QED) is 0.00989. The van der Waals surface area contributed by atoms with Gasteiger partial charge in [0.25, 0.3) is 0 Å². The Kier molecular flexibility index (Phi) is 44.8. The number of carbonyl (C=O) groups excluding carboxylic acids is 3. The summed E-state index contributed by atoms with van der Waals surface area (Å²) in [5.41, 5.74) is 0.607. The predicted octanol–water partition coefficient (Wildman–Crippen LogP) is 11.0. The number of phosphoric ester groups is 1. The number of hydrogen-bond acceptors (Lipinski definition) is 17. The summed E-state index contributed by atoms with van der Waals surface area (Å²) in [6.07, 6.45) is 27.6. The molecule has 1 aromatic rings. The molecule has 0 aliphatic carbocycles. The number of aliphatic hydroxyl groups is 4. The number of hydrogen-bond donors (Lipinski definition) is 8. The molecule has 470 valence electrons. The number of benzene rings is 1. The third-order valence-electron chi connectivity index (χ3n) is 14.0. The SMILES string of the molecule is CCCCCCCCCCCCCCCCCC(=O)OC[C@H](COP(=O)(O)OCCNC(=O)OCCOCCNC(=S)Nc1ccc(O[C@H]2O[C@H](CO)[C@@H](O)[C@H](O)[C@@H]2O)cc1)OC(=O)CCCCCCCCCCCCCCCCC. The first-order valence-corrected chi connectivity index (χ1v) is 32.8. The van der Waals surface area contributed by atoms with Gasteiger partial charge in [0.2, 0.25) is 6.29 Å². The molecule has 1 aliphatic heterocycles. The van der Waals surface area contributed by atoms with Crippen LogP contribution in [0.4, 0.5) is 10.5 Å². The first-order chi connectivity index (χ1) is 39.3. The Hall–Kier alpha value is -3.21. The Bertz CT molecular complexity index is 1790. The summed E-state index contributed by atoms with van der Waals surface area (Å²) in [6, 6.07) is 6.44. The minimum Gasteiger partial charge on any atom is -0.462 e. The number of thiocarbonyl (C=S) groups is 1. The lowest BCUT2D eigenvalue weighted by Crippen LogP contribution is -2.60. The predicted molar refractivity (Wildman–Crippen MR) is 317 cm³/mol. The second kappa shape index (κ2) is 49.1. The Morgan fingerprint density at radius 2 is 1.06 bits per heavy atom. The molecule has 20 nitrogen and oxygen atoms in total. The van der Waals surface area contributed by atoms with Gasteiger partial charge in [0.1, 0.15) is 43.4 Å². The van der Waals surface area contributed by atoms with Gasteiger partial charge in [-0.15, -0.1) is 0 Å². The van der Waals surface area contributed by atoms with Crippen LogP contribution in [0.2, 0.25) is 0 Å². The fraction of sp³-hybridized carbons (Fsp3) is 0.831. The van der Waals surface area contributed by atoms with Crippen LogP contribution in [0, 0.1) is 0 Å². The van der Waals surface area contributed by atoms with Crippen molar-refractivity contribution in [3.8, 4) is 5.75 Å². The largest absolute Gasteiger partial charge is 0.472 e. The lowest BCUT2D eigenvalue weighted by Gasteiger charge is -2.39. The van der Waals surface area contributed by atoms with Gasteiger partial charge >= 0.3 is 25.9 Å². The fourth-order valence-corrected chi connectivity index (χ4v) is 10.1. The van der Waals surface area contributed by atoms with Crippen molar-refractivity contribution in [2.75, 3.05) is 64.7 Å². The van der Waals surface area contributed by atoms with Crippen LogP contribution in [0.5, 0.6) is 5.75 Å². The van der Waals surface area contributed by atoms with Gasteiger partial charge in [-0.25, -0.2) is 9.36 Å². The van der Waals surface area contributed by atoms with E-state index in [0.29, 0.717) is 35.9 Å². The Morgan fingerprint density at radius 3 is 1.57 bits per heavy atom. The van der Waals surface area contributed by atoms with Crippen LogP contribution >= 0.6 is 20.0 Å². The molecule has 2 rings (SSSR count). The summed E-state index contributed by atoms with van der Waals surface area (Å²) in [4.78, 5) is 48.1. The zero-order valence-corrected chi connectivity index (χ0v) is 51.0. The van der Waals surface area contributed by atoms with Crippen molar-refractivity contribution in [3.63, 3.8) is 0 Å². The number of phosphoric acid groups is 1. The van der Waals surface area contributed by atoms with Crippen LogP contribution in [-0.2, 0) is 46.9 Å². The van der Waals surface area contributed by atoms with Gasteiger partial charge in [-0.05, 0) is 49.3 Å². The maximum atomic E-state index is 12.9. The molecule has 0 saturated carbocycles. The van der Waals surface area contributed by atoms with Crippen molar-refractivity contribution in [2.24, 2.45) is 0 Å². The number of unbranched alkanes of at least 4 members (excludes halogenated alkanes) is 28. The number of aliphatic hydroxyl groups excluding tert-OH is 4. The molecule has 1 aliphatic rings. The molecular weight excluding hydrogens is 1090 g/mol. The van der Waals surface area contributed by atoms with E-state index in [-0.39, 0.29) is 45.8 Å². The van der Waals surface area contributed by atoms with Crippen LogP contribution in [0.1, 0.15) is 219 Å². The third kappa shape index (κ3) is 39.9. The number of nitrogens with one attached hydrogen (secondary N) is 3. The Balaban J connectivity index is 1.63. The minimum atomic E-state index is -4.68. The summed E-state index contributed by atoms with van der Waals surface area (Å²) in [5.74, 6) is -0.663. The maximum Gasteiger partial charge on any atom is 0.472 e. The standard InChI is InChI=1S/C59H106N3O17PS/c1-3-5-7-9-11-13-15-17-19-21-23-25-27-29-31-33-52(64)74-46-50(77-53(65)34-32-30-28-26-24-22-20-18-16-14-12-10-8-6-4-2)47-76-80(70,71)75-42-40-61-59(69)73-44-43-72-41-39-60-58(81)62-48-35-37-49(38-36-48)78-57-56(68)55(67)54(66)51(45-63)79-57/h35-38,50-51,54-57,63,66-68H,3-34,39-47H2,1-2H3,(H,61,69)(H,70,71)(H2,60,62,81)/t50-,51-,54-,55+,56+,57+/m1/s1. The zero-order valence-electron chi connectivity index (χ0n) is 49.3. The number of carbonyl (C=O) groups is 3. The lowest BCUT2D eigenvalue weighted by molar-refractivity contribution is -0.277. The molecule has 7 atom stereocenters. The average Bonchev–Trinajstić information content (AvgIpc) is 3.48. The van der Waals surface area contributed by atoms with E-state index in [2.05, 4.69) is 29.8 Å². The van der Waals surface area contributed by atoms with Crippen LogP contribution in [0.3, 0.4) is 0 Å². The van der Waals surface area contributed by atoms with Gasteiger partial charge in [0.05, 0.1) is 33.0 Å². The lowest BCUT2D eigenvalue weighted by atomic mass is 9.99. The summed E-state index contributed by atoms with van der Waals surface area (Å²) in [5, 5.41) is 48.2. The van der Waals surface area contributed by atoms with Crippen molar-refractivity contribution in [1.82, 2.24) is 10.6 Å². The summed E-state index contributed by atoms with van der Waals surface area (Å²) < 4.78 is 55.5. The molecule has 1 saturated heterocycles. The minimum absolute atomic E-state index is 0.0708. The van der Waals surface area contributed by atoms with E-state index >= 15 is 0 Å². The molecule has 1 heterocycles. The van der Waals surface area contributed by atoms with E-state index in [1.165, 1.54) is 141 Å². The number of alkyl carbamates (subject to hydrolysis) is 1. The number of amides is 1. The monoisotopic (exact) mass is 1190 g/mol. The molecular formula is C59H106N3O17PS. The summed E-state index contributed by atoms with van der Waals surface area (Å²) in [6.45, 7) is 2.96. The van der Waals surface area contributed by atoms with Crippen molar-refractivity contribution in [3.05, 3.63) is 24.3 Å². The molecule has 22 heteroatoms. The van der Waals surface area contributed by atoms with Crippen molar-refractivity contribution in [1.29, 1.82) is 0 Å². The summed E-state index contributed by atoms with van der Waals surface area (Å²) in [7, 11) is -4.68. The third-order valence-corrected chi connectivity index (χ3v) is 15.2. The van der Waals surface area contributed by atoms with Crippen molar-refractivity contribution in [2.45, 2.75) is 256 Å². The van der Waals surface area contributed by atoms with Crippen LogP contribution in [-0.4, -0.2) is 145 Å². The molecule has 1 fully saturated rings. The van der Waals surface area contributed by atoms with Crippen LogP contribution in [0.25, 0.3) is 0 Å². The zero-order chi connectivity index (χ0) is 59.0. The molecule has 0 radical (unpaired) electrons. The van der Waals surface area contributed by atoms with E-state index in [0.717, 1.165) is 38.5 Å². The molecule has 81 heavy (non-hydrogen) atoms. The molecule has 1 unspecified atom stereocenters. The average molecular weight is 1190 g/mol. The number of esters is 2. The first kappa shape index (κ1) is 73.9. The topological polar surface area (TPSA) is 279 Å². The smallest absolute Gasteiger partial charge is 0.462 e. The van der Waals surface area contributed by atoms with Gasteiger partial charge < -0.3 is 69.7 Å². The molecule has 0 spiro atoms.